The molecule has 0 N–H and O–H groups in total. The van der Waals surface area contributed by atoms with Crippen LogP contribution in [0, 0.1) is 0 Å². The molecule has 4 aromatic rings. The molecule has 1 heterocycles. The van der Waals surface area contributed by atoms with Crippen LogP contribution in [0.2, 0.25) is 5.02 Å². The normalized spacial score (nSPS) is 11.0. The summed E-state index contributed by atoms with van der Waals surface area (Å²) in [5.41, 5.74) is 4.61. The zero-order valence-electron chi connectivity index (χ0n) is 12.0. The van der Waals surface area contributed by atoms with Gasteiger partial charge < -0.3 is 4.42 Å². The van der Waals surface area contributed by atoms with E-state index in [9.17, 15) is 0 Å². The minimum atomic E-state index is 0.576. The Hall–Kier alpha value is -2.10. The van der Waals surface area contributed by atoms with E-state index in [1.807, 2.05) is 54.6 Å². The van der Waals surface area contributed by atoms with Crippen LogP contribution in [-0.4, -0.2) is 4.98 Å². The first-order chi connectivity index (χ1) is 11.2. The van der Waals surface area contributed by atoms with E-state index in [4.69, 9.17) is 16.0 Å². The fourth-order valence-corrected chi connectivity index (χ4v) is 3.00. The highest BCUT2D eigenvalue weighted by Crippen LogP contribution is 2.35. The second kappa shape index (κ2) is 5.84. The number of benzene rings is 3. The maximum absolute atomic E-state index is 6.20. The van der Waals surface area contributed by atoms with E-state index in [1.54, 1.807) is 0 Å². The number of hydrogen-bond donors (Lipinski definition) is 0. The fourth-order valence-electron chi connectivity index (χ4n) is 2.56. The molecule has 0 atom stereocenters. The van der Waals surface area contributed by atoms with Crippen LogP contribution in [0.25, 0.3) is 33.7 Å². The molecule has 0 amide bonds. The first-order valence-corrected chi connectivity index (χ1v) is 8.29. The highest BCUT2D eigenvalue weighted by Gasteiger charge is 2.14. The lowest BCUT2D eigenvalue weighted by atomic mass is 10.00. The van der Waals surface area contributed by atoms with Gasteiger partial charge in [-0.2, -0.15) is 0 Å². The molecule has 23 heavy (non-hydrogen) atoms. The van der Waals surface area contributed by atoms with E-state index >= 15 is 0 Å². The lowest BCUT2D eigenvalue weighted by Crippen LogP contribution is -1.85. The summed E-state index contributed by atoms with van der Waals surface area (Å²) in [4.78, 5) is 4.59. The molecule has 2 nitrogen and oxygen atoms in total. The molecule has 3 aromatic carbocycles. The zero-order chi connectivity index (χ0) is 15.8. The Morgan fingerprint density at radius 1 is 0.870 bits per heavy atom. The second-order valence-electron chi connectivity index (χ2n) is 5.18. The molecular formula is C19H11BrClNO. The van der Waals surface area contributed by atoms with Crippen LogP contribution in [0.4, 0.5) is 0 Å². The van der Waals surface area contributed by atoms with Crippen molar-refractivity contribution in [1.29, 1.82) is 0 Å². The van der Waals surface area contributed by atoms with E-state index in [0.717, 1.165) is 32.3 Å². The van der Waals surface area contributed by atoms with Gasteiger partial charge in [-0.3, -0.25) is 0 Å². The Morgan fingerprint density at radius 3 is 2.43 bits per heavy atom. The van der Waals surface area contributed by atoms with Gasteiger partial charge in [0.15, 0.2) is 5.58 Å². The molecule has 1 aromatic heterocycles. The highest BCUT2D eigenvalue weighted by atomic mass is 79.9. The third-order valence-electron chi connectivity index (χ3n) is 3.66. The van der Waals surface area contributed by atoms with Crippen LogP contribution in [0.15, 0.2) is 75.6 Å². The third kappa shape index (κ3) is 2.78. The van der Waals surface area contributed by atoms with Crippen molar-refractivity contribution < 1.29 is 4.42 Å². The average Bonchev–Trinajstić information content (AvgIpc) is 3.00. The van der Waals surface area contributed by atoms with Gasteiger partial charge in [0.25, 0.3) is 0 Å². The highest BCUT2D eigenvalue weighted by molar-refractivity contribution is 9.10. The molecule has 0 saturated heterocycles. The molecule has 4 heteroatoms. The standard InChI is InChI=1S/C19H11BrClNO/c20-13-7-5-12(6-8-13)15-10-9-14(21)11-16(15)19-22-17-3-1-2-4-18(17)23-19/h1-11H. The molecule has 0 aliphatic rings. The Bertz CT molecular complexity index is 959. The van der Waals surface area contributed by atoms with Gasteiger partial charge in [0.1, 0.15) is 5.52 Å². The van der Waals surface area contributed by atoms with Crippen LogP contribution in [0.1, 0.15) is 0 Å². The number of nitrogens with zero attached hydrogens (tertiary/aromatic N) is 1. The number of hydrogen-bond acceptors (Lipinski definition) is 2. The zero-order valence-corrected chi connectivity index (χ0v) is 14.3. The van der Waals surface area contributed by atoms with Crippen molar-refractivity contribution in [3.05, 3.63) is 76.2 Å². The van der Waals surface area contributed by atoms with Crippen molar-refractivity contribution >= 4 is 38.6 Å². The van der Waals surface area contributed by atoms with Crippen LogP contribution >= 0.6 is 27.5 Å². The number of aromatic nitrogens is 1. The predicted molar refractivity (Wildman–Crippen MR) is 97.6 cm³/mol. The first-order valence-electron chi connectivity index (χ1n) is 7.12. The maximum atomic E-state index is 6.20. The van der Waals surface area contributed by atoms with Gasteiger partial charge in [-0.25, -0.2) is 4.98 Å². The van der Waals surface area contributed by atoms with Crippen LogP contribution < -0.4 is 0 Å². The molecule has 0 bridgehead atoms. The predicted octanol–water partition coefficient (Wildman–Crippen LogP) is 6.58. The van der Waals surface area contributed by atoms with Gasteiger partial charge in [-0.15, -0.1) is 0 Å². The molecule has 0 aliphatic heterocycles. The third-order valence-corrected chi connectivity index (χ3v) is 4.42. The van der Waals surface area contributed by atoms with Gasteiger partial charge in [0, 0.05) is 15.1 Å². The summed E-state index contributed by atoms with van der Waals surface area (Å²) in [6.45, 7) is 0. The Balaban J connectivity index is 1.93. The quantitative estimate of drug-likeness (QED) is 0.390. The topological polar surface area (TPSA) is 26.0 Å². The van der Waals surface area contributed by atoms with E-state index in [0.29, 0.717) is 10.9 Å². The maximum Gasteiger partial charge on any atom is 0.227 e. The van der Waals surface area contributed by atoms with E-state index < -0.39 is 0 Å². The molecule has 0 fully saturated rings. The van der Waals surface area contributed by atoms with E-state index in [1.165, 1.54) is 0 Å². The summed E-state index contributed by atoms with van der Waals surface area (Å²) in [5.74, 6) is 0.576. The van der Waals surface area contributed by atoms with Crippen molar-refractivity contribution in [1.82, 2.24) is 4.98 Å². The summed E-state index contributed by atoms with van der Waals surface area (Å²) in [7, 11) is 0. The molecule has 0 unspecified atom stereocenters. The van der Waals surface area contributed by atoms with Crippen molar-refractivity contribution in [2.45, 2.75) is 0 Å². The number of para-hydroxylation sites is 2. The smallest absolute Gasteiger partial charge is 0.227 e. The first kappa shape index (κ1) is 14.5. The molecule has 0 radical (unpaired) electrons. The number of oxazole rings is 1. The molecule has 0 saturated carbocycles. The van der Waals surface area contributed by atoms with Gasteiger partial charge in [0.2, 0.25) is 5.89 Å². The number of fused-ring (bicyclic) bond motifs is 1. The minimum Gasteiger partial charge on any atom is -0.436 e. The summed E-state index contributed by atoms with van der Waals surface area (Å²) in [5, 5.41) is 0.656. The second-order valence-corrected chi connectivity index (χ2v) is 6.54. The van der Waals surface area contributed by atoms with Crippen molar-refractivity contribution in [2.24, 2.45) is 0 Å². The SMILES string of the molecule is Clc1ccc(-c2ccc(Br)cc2)c(-c2nc3ccccc3o2)c1. The fraction of sp³-hybridized carbons (Fsp3) is 0. The lowest BCUT2D eigenvalue weighted by molar-refractivity contribution is 0.620. The lowest BCUT2D eigenvalue weighted by Gasteiger charge is -2.08. The van der Waals surface area contributed by atoms with Crippen LogP contribution in [0.3, 0.4) is 0 Å². The van der Waals surface area contributed by atoms with Gasteiger partial charge >= 0.3 is 0 Å². The van der Waals surface area contributed by atoms with E-state index in [2.05, 4.69) is 33.0 Å². The van der Waals surface area contributed by atoms with Crippen LogP contribution in [-0.2, 0) is 0 Å². The minimum absolute atomic E-state index is 0.576. The van der Waals surface area contributed by atoms with Gasteiger partial charge in [-0.1, -0.05) is 57.9 Å². The van der Waals surface area contributed by atoms with Gasteiger partial charge in [0.05, 0.1) is 0 Å². The summed E-state index contributed by atoms with van der Waals surface area (Å²) >= 11 is 9.67. The largest absolute Gasteiger partial charge is 0.436 e. The summed E-state index contributed by atoms with van der Waals surface area (Å²) in [6.07, 6.45) is 0. The molecule has 112 valence electrons. The molecule has 0 spiro atoms. The summed E-state index contributed by atoms with van der Waals surface area (Å²) < 4.78 is 6.96. The Morgan fingerprint density at radius 2 is 1.65 bits per heavy atom. The summed E-state index contributed by atoms with van der Waals surface area (Å²) in [6, 6.07) is 21.6. The molecular weight excluding hydrogens is 374 g/mol. The van der Waals surface area contributed by atoms with E-state index in [-0.39, 0.29) is 0 Å². The van der Waals surface area contributed by atoms with Crippen LogP contribution in [0.5, 0.6) is 0 Å². The number of rotatable bonds is 2. The Labute approximate surface area is 146 Å². The number of halogens is 2. The van der Waals surface area contributed by atoms with Crippen molar-refractivity contribution in [3.63, 3.8) is 0 Å². The van der Waals surface area contributed by atoms with Crippen molar-refractivity contribution in [2.75, 3.05) is 0 Å². The molecule has 0 aliphatic carbocycles. The monoisotopic (exact) mass is 383 g/mol. The van der Waals surface area contributed by atoms with Gasteiger partial charge in [-0.05, 0) is 47.5 Å². The Kier molecular flexibility index (Phi) is 3.68. The van der Waals surface area contributed by atoms with Crippen molar-refractivity contribution in [3.8, 4) is 22.6 Å². The molecule has 4 rings (SSSR count). The average molecular weight is 385 g/mol.